The van der Waals surface area contributed by atoms with E-state index < -0.39 is 17.4 Å². The van der Waals surface area contributed by atoms with Crippen molar-refractivity contribution in [3.05, 3.63) is 53.6 Å². The van der Waals surface area contributed by atoms with Crippen LogP contribution >= 0.6 is 0 Å². The topological polar surface area (TPSA) is 52.6 Å². The zero-order chi connectivity index (χ0) is 16.4. The maximum atomic E-state index is 13.5. The number of carbonyl (C=O) groups excluding carboxylic acids is 1. The van der Waals surface area contributed by atoms with Gasteiger partial charge in [0.25, 0.3) is 0 Å². The summed E-state index contributed by atoms with van der Waals surface area (Å²) in [4.78, 5) is 13.4. The number of carbonyl (C=O) groups is 1. The van der Waals surface area contributed by atoms with Gasteiger partial charge in [-0.25, -0.2) is 4.39 Å². The zero-order valence-corrected chi connectivity index (χ0v) is 12.4. The number of nitrogens with one attached hydrogen (secondary N) is 1. The molecule has 0 spiro atoms. The van der Waals surface area contributed by atoms with E-state index in [4.69, 9.17) is 0 Å². The van der Waals surface area contributed by atoms with Crippen LogP contribution in [0.3, 0.4) is 0 Å². The molecule has 1 aliphatic heterocycles. The van der Waals surface area contributed by atoms with Crippen molar-refractivity contribution >= 4 is 5.91 Å². The summed E-state index contributed by atoms with van der Waals surface area (Å²) in [5, 5.41) is 12.2. The van der Waals surface area contributed by atoms with Crippen LogP contribution in [0.5, 0.6) is 5.75 Å². The predicted octanol–water partition coefficient (Wildman–Crippen LogP) is 2.27. The van der Waals surface area contributed by atoms with Crippen molar-refractivity contribution in [2.24, 2.45) is 0 Å². The van der Waals surface area contributed by atoms with Gasteiger partial charge in [0.05, 0.1) is 6.54 Å². The summed E-state index contributed by atoms with van der Waals surface area (Å²) in [5.74, 6) is -3.04. The minimum Gasteiger partial charge on any atom is -0.505 e. The maximum absolute atomic E-state index is 13.5. The first-order valence-electron chi connectivity index (χ1n) is 7.29. The lowest BCUT2D eigenvalue weighted by Crippen LogP contribution is -2.47. The minimum atomic E-state index is -1.25. The van der Waals surface area contributed by atoms with E-state index in [1.54, 1.807) is 6.07 Å². The molecule has 0 aromatic heterocycles. The number of phenolic OH excluding ortho intramolecular Hbond substituents is 1. The highest BCUT2D eigenvalue weighted by atomic mass is 19.2. The van der Waals surface area contributed by atoms with Crippen molar-refractivity contribution in [2.45, 2.75) is 6.54 Å². The molecule has 120 valence electrons. The highest BCUT2D eigenvalue weighted by molar-refractivity contribution is 5.78. The van der Waals surface area contributed by atoms with Crippen molar-refractivity contribution < 1.29 is 18.7 Å². The lowest BCUT2D eigenvalue weighted by molar-refractivity contribution is -0.124. The number of rotatable bonds is 3. The average Bonchev–Trinajstić information content (AvgIpc) is 2.52. The van der Waals surface area contributed by atoms with Gasteiger partial charge in [-0.3, -0.25) is 9.69 Å². The minimum absolute atomic E-state index is 0.00191. The van der Waals surface area contributed by atoms with Gasteiger partial charge in [-0.2, -0.15) is 4.39 Å². The van der Waals surface area contributed by atoms with Crippen LogP contribution < -0.4 is 5.32 Å². The van der Waals surface area contributed by atoms with Gasteiger partial charge in [0.15, 0.2) is 17.4 Å². The molecule has 1 heterocycles. The first-order chi connectivity index (χ1) is 11.0. The molecule has 1 saturated heterocycles. The van der Waals surface area contributed by atoms with Crippen LogP contribution in [-0.2, 0) is 11.3 Å². The molecule has 0 aliphatic carbocycles. The van der Waals surface area contributed by atoms with Crippen molar-refractivity contribution in [3.8, 4) is 16.9 Å². The molecule has 0 atom stereocenters. The number of amides is 1. The number of aromatic hydroxyl groups is 1. The van der Waals surface area contributed by atoms with Gasteiger partial charge in [0.2, 0.25) is 5.91 Å². The Balaban J connectivity index is 1.84. The molecule has 0 radical (unpaired) electrons. The first kappa shape index (κ1) is 15.4. The molecule has 3 rings (SSSR count). The molecular formula is C17H16F2N2O2. The van der Waals surface area contributed by atoms with Crippen LogP contribution in [0, 0.1) is 11.6 Å². The Morgan fingerprint density at radius 2 is 2.00 bits per heavy atom. The number of hydrogen-bond acceptors (Lipinski definition) is 3. The number of benzene rings is 2. The first-order valence-corrected chi connectivity index (χ1v) is 7.29. The largest absolute Gasteiger partial charge is 0.505 e. The number of nitrogens with zero attached hydrogens (tertiary/aromatic N) is 1. The lowest BCUT2D eigenvalue weighted by Gasteiger charge is -2.26. The molecule has 2 aromatic carbocycles. The van der Waals surface area contributed by atoms with Crippen LogP contribution in [-0.4, -0.2) is 35.5 Å². The summed E-state index contributed by atoms with van der Waals surface area (Å²) in [6.07, 6.45) is 0. The summed E-state index contributed by atoms with van der Waals surface area (Å²) in [5.41, 5.74) is 2.04. The predicted molar refractivity (Wildman–Crippen MR) is 81.7 cm³/mol. The second kappa shape index (κ2) is 6.34. The molecule has 0 saturated carbocycles. The second-order valence-electron chi connectivity index (χ2n) is 5.55. The van der Waals surface area contributed by atoms with Crippen LogP contribution in [0.15, 0.2) is 36.4 Å². The van der Waals surface area contributed by atoms with Gasteiger partial charge in [0, 0.05) is 19.6 Å². The van der Waals surface area contributed by atoms with Crippen molar-refractivity contribution in [2.75, 3.05) is 19.6 Å². The van der Waals surface area contributed by atoms with Crippen LogP contribution in [0.25, 0.3) is 11.1 Å². The number of halogens is 2. The molecule has 4 nitrogen and oxygen atoms in total. The van der Waals surface area contributed by atoms with Crippen LogP contribution in [0.4, 0.5) is 8.78 Å². The molecule has 2 N–H and O–H groups in total. The van der Waals surface area contributed by atoms with E-state index in [0.29, 0.717) is 30.8 Å². The molecule has 1 aliphatic rings. The standard InChI is InChI=1S/C17H16F2N2O2/c18-14-7-13(8-15(22)17(14)19)12-3-1-2-11(6-12)9-21-5-4-20-16(23)10-21/h1-3,6-8,22H,4-5,9-10H2,(H,20,23). The van der Waals surface area contributed by atoms with Crippen LogP contribution in [0.2, 0.25) is 0 Å². The molecule has 0 bridgehead atoms. The molecule has 2 aromatic rings. The third kappa shape index (κ3) is 3.48. The van der Waals surface area contributed by atoms with E-state index >= 15 is 0 Å². The quantitative estimate of drug-likeness (QED) is 0.913. The SMILES string of the molecule is O=C1CN(Cc2cccc(-c3cc(O)c(F)c(F)c3)c2)CCN1. The normalized spacial score (nSPS) is 15.5. The fourth-order valence-electron chi connectivity index (χ4n) is 2.68. The summed E-state index contributed by atoms with van der Waals surface area (Å²) >= 11 is 0. The Labute approximate surface area is 132 Å². The summed E-state index contributed by atoms with van der Waals surface area (Å²) in [6, 6.07) is 9.59. The Morgan fingerprint density at radius 1 is 1.17 bits per heavy atom. The monoisotopic (exact) mass is 318 g/mol. The van der Waals surface area contributed by atoms with Crippen molar-refractivity contribution in [1.29, 1.82) is 0 Å². The second-order valence-corrected chi connectivity index (χ2v) is 5.55. The molecular weight excluding hydrogens is 302 g/mol. The highest BCUT2D eigenvalue weighted by Gasteiger charge is 2.16. The fourth-order valence-corrected chi connectivity index (χ4v) is 2.68. The number of hydrogen-bond donors (Lipinski definition) is 2. The zero-order valence-electron chi connectivity index (χ0n) is 12.4. The molecule has 23 heavy (non-hydrogen) atoms. The highest BCUT2D eigenvalue weighted by Crippen LogP contribution is 2.28. The van der Waals surface area contributed by atoms with Gasteiger partial charge in [-0.1, -0.05) is 18.2 Å². The Bertz CT molecular complexity index is 726. The average molecular weight is 318 g/mol. The molecule has 6 heteroatoms. The van der Waals surface area contributed by atoms with Gasteiger partial charge >= 0.3 is 0 Å². The third-order valence-electron chi connectivity index (χ3n) is 3.79. The Hall–Kier alpha value is -2.47. The van der Waals surface area contributed by atoms with E-state index in [1.165, 1.54) is 6.07 Å². The van der Waals surface area contributed by atoms with E-state index in [9.17, 15) is 18.7 Å². The van der Waals surface area contributed by atoms with Crippen LogP contribution in [0.1, 0.15) is 5.56 Å². The Kier molecular flexibility index (Phi) is 4.25. The fraction of sp³-hybridized carbons (Fsp3) is 0.235. The summed E-state index contributed by atoms with van der Waals surface area (Å²) < 4.78 is 26.6. The van der Waals surface area contributed by atoms with E-state index in [-0.39, 0.29) is 5.91 Å². The van der Waals surface area contributed by atoms with Gasteiger partial charge in [-0.05, 0) is 34.9 Å². The summed E-state index contributed by atoms with van der Waals surface area (Å²) in [6.45, 7) is 2.32. The van der Waals surface area contributed by atoms with Gasteiger partial charge in [0.1, 0.15) is 0 Å². The van der Waals surface area contributed by atoms with Gasteiger partial charge in [-0.15, -0.1) is 0 Å². The van der Waals surface area contributed by atoms with E-state index in [0.717, 1.165) is 18.2 Å². The summed E-state index contributed by atoms with van der Waals surface area (Å²) in [7, 11) is 0. The number of piperazine rings is 1. The van der Waals surface area contributed by atoms with E-state index in [2.05, 4.69) is 5.32 Å². The van der Waals surface area contributed by atoms with Crippen molar-refractivity contribution in [3.63, 3.8) is 0 Å². The smallest absolute Gasteiger partial charge is 0.234 e. The van der Waals surface area contributed by atoms with Crippen molar-refractivity contribution in [1.82, 2.24) is 10.2 Å². The van der Waals surface area contributed by atoms with Gasteiger partial charge < -0.3 is 10.4 Å². The Morgan fingerprint density at radius 3 is 2.74 bits per heavy atom. The lowest BCUT2D eigenvalue weighted by atomic mass is 10.0. The van der Waals surface area contributed by atoms with E-state index in [1.807, 2.05) is 23.1 Å². The molecule has 0 unspecified atom stereocenters. The molecule has 1 fully saturated rings. The maximum Gasteiger partial charge on any atom is 0.234 e. The number of phenols is 1. The molecule has 1 amide bonds. The third-order valence-corrected chi connectivity index (χ3v) is 3.79.